The summed E-state index contributed by atoms with van der Waals surface area (Å²) in [5, 5.41) is 2.86. The molecule has 6 nitrogen and oxygen atoms in total. The van der Waals surface area contributed by atoms with E-state index >= 15 is 0 Å². The quantitative estimate of drug-likeness (QED) is 0.388. The van der Waals surface area contributed by atoms with Gasteiger partial charge in [0.05, 0.1) is 18.0 Å². The fourth-order valence-corrected chi connectivity index (χ4v) is 1.28. The van der Waals surface area contributed by atoms with Gasteiger partial charge in [-0.15, -0.1) is 0 Å². The highest BCUT2D eigenvalue weighted by atomic mass is 32.3. The van der Waals surface area contributed by atoms with Crippen molar-refractivity contribution in [3.63, 3.8) is 0 Å². The number of hydrogen-bond acceptors (Lipinski definition) is 5. The highest BCUT2D eigenvalue weighted by Crippen LogP contribution is 2.15. The second-order valence-corrected chi connectivity index (χ2v) is 3.85. The van der Waals surface area contributed by atoms with Crippen molar-refractivity contribution in [1.82, 2.24) is 0 Å². The second kappa shape index (κ2) is 4.96. The molecule has 1 aromatic rings. The molecule has 0 heterocycles. The van der Waals surface area contributed by atoms with Crippen LogP contribution in [0, 0.1) is 0 Å². The highest BCUT2D eigenvalue weighted by molar-refractivity contribution is 7.80. The fraction of sp³-hybridized carbons (Fsp3) is 0.250. The molecule has 15 heavy (non-hydrogen) atoms. The van der Waals surface area contributed by atoms with Gasteiger partial charge in [-0.1, -0.05) is 12.1 Å². The van der Waals surface area contributed by atoms with Crippen molar-refractivity contribution in [2.24, 2.45) is 0 Å². The lowest BCUT2D eigenvalue weighted by molar-refractivity contribution is 0.278. The van der Waals surface area contributed by atoms with Crippen molar-refractivity contribution >= 4 is 21.8 Å². The molecule has 1 aromatic carbocycles. The van der Waals surface area contributed by atoms with Gasteiger partial charge in [0.25, 0.3) is 0 Å². The van der Waals surface area contributed by atoms with Crippen molar-refractivity contribution in [3.05, 3.63) is 24.3 Å². The molecule has 0 radical (unpaired) electrons. The molecule has 7 heteroatoms. The van der Waals surface area contributed by atoms with Crippen LogP contribution in [-0.4, -0.2) is 26.1 Å². The molecule has 0 saturated heterocycles. The average molecular weight is 232 g/mol. The third-order valence-electron chi connectivity index (χ3n) is 1.61. The zero-order valence-electron chi connectivity index (χ0n) is 7.88. The monoisotopic (exact) mass is 232 g/mol. The summed E-state index contributed by atoms with van der Waals surface area (Å²) < 4.78 is 32.8. The van der Waals surface area contributed by atoms with E-state index in [2.05, 4.69) is 9.50 Å². The summed E-state index contributed by atoms with van der Waals surface area (Å²) in [6, 6.07) is 7.05. The molecule has 0 spiro atoms. The standard InChI is InChI=1S/C8H12N2O4S/c9-7-3-1-2-4-8(7)10-5-6-14-15(11,12)13/h1-4,10H,5-6,9H2,(H,11,12,13). The van der Waals surface area contributed by atoms with Crippen molar-refractivity contribution in [3.8, 4) is 0 Å². The normalized spacial score (nSPS) is 11.3. The van der Waals surface area contributed by atoms with E-state index in [1.54, 1.807) is 24.3 Å². The van der Waals surface area contributed by atoms with Crippen LogP contribution in [0.3, 0.4) is 0 Å². The van der Waals surface area contributed by atoms with E-state index in [0.29, 0.717) is 11.4 Å². The Balaban J connectivity index is 2.36. The minimum atomic E-state index is -4.36. The summed E-state index contributed by atoms with van der Waals surface area (Å²) in [6.07, 6.45) is 0. The Labute approximate surface area is 88.0 Å². The summed E-state index contributed by atoms with van der Waals surface area (Å²) in [6.45, 7) is 0.0706. The first-order valence-electron chi connectivity index (χ1n) is 4.19. The third-order valence-corrected chi connectivity index (χ3v) is 2.08. The topological polar surface area (TPSA) is 102 Å². The highest BCUT2D eigenvalue weighted by Gasteiger charge is 2.03. The maximum atomic E-state index is 10.2. The second-order valence-electron chi connectivity index (χ2n) is 2.76. The zero-order valence-corrected chi connectivity index (χ0v) is 8.70. The van der Waals surface area contributed by atoms with Crippen molar-refractivity contribution in [1.29, 1.82) is 0 Å². The number of hydrogen-bond donors (Lipinski definition) is 3. The van der Waals surface area contributed by atoms with Crippen LogP contribution in [0.25, 0.3) is 0 Å². The fourth-order valence-electron chi connectivity index (χ4n) is 0.991. The van der Waals surface area contributed by atoms with Crippen LogP contribution in [0.15, 0.2) is 24.3 Å². The molecule has 0 aromatic heterocycles. The van der Waals surface area contributed by atoms with Crippen LogP contribution < -0.4 is 11.1 Å². The van der Waals surface area contributed by atoms with Crippen LogP contribution in [-0.2, 0) is 14.6 Å². The Morgan fingerprint density at radius 3 is 2.67 bits per heavy atom. The smallest absolute Gasteiger partial charge is 0.397 e. The molecule has 84 valence electrons. The molecule has 0 fully saturated rings. The van der Waals surface area contributed by atoms with Gasteiger partial charge in [0.1, 0.15) is 0 Å². The van der Waals surface area contributed by atoms with E-state index < -0.39 is 10.4 Å². The lowest BCUT2D eigenvalue weighted by Crippen LogP contribution is -2.14. The Hall–Kier alpha value is -1.31. The predicted octanol–water partition coefficient (Wildman–Crippen LogP) is 0.500. The first-order valence-corrected chi connectivity index (χ1v) is 5.56. The average Bonchev–Trinajstić information content (AvgIpc) is 2.13. The molecule has 0 bridgehead atoms. The molecular formula is C8H12N2O4S. The van der Waals surface area contributed by atoms with Gasteiger partial charge >= 0.3 is 10.4 Å². The van der Waals surface area contributed by atoms with Gasteiger partial charge in [0, 0.05) is 6.54 Å². The summed E-state index contributed by atoms with van der Waals surface area (Å²) in [5.41, 5.74) is 6.87. The van der Waals surface area contributed by atoms with Gasteiger partial charge in [0.2, 0.25) is 0 Å². The number of nitrogens with one attached hydrogen (secondary N) is 1. The summed E-state index contributed by atoms with van der Waals surface area (Å²) in [4.78, 5) is 0. The molecular weight excluding hydrogens is 220 g/mol. The molecule has 0 aliphatic carbocycles. The molecule has 4 N–H and O–H groups in total. The number of rotatable bonds is 5. The van der Waals surface area contributed by atoms with Crippen molar-refractivity contribution in [2.75, 3.05) is 24.2 Å². The lowest BCUT2D eigenvalue weighted by atomic mass is 10.3. The van der Waals surface area contributed by atoms with Crippen LogP contribution >= 0.6 is 0 Å². The van der Waals surface area contributed by atoms with Gasteiger partial charge in [-0.2, -0.15) is 8.42 Å². The summed E-state index contributed by atoms with van der Waals surface area (Å²) >= 11 is 0. The first kappa shape index (κ1) is 11.8. The maximum absolute atomic E-state index is 10.2. The van der Waals surface area contributed by atoms with Gasteiger partial charge in [-0.05, 0) is 12.1 Å². The Bertz CT molecular complexity index is 418. The Kier molecular flexibility index (Phi) is 3.89. The van der Waals surface area contributed by atoms with E-state index in [1.165, 1.54) is 0 Å². The van der Waals surface area contributed by atoms with Crippen LogP contribution in [0.1, 0.15) is 0 Å². The molecule has 0 atom stereocenters. The molecule has 1 rings (SSSR count). The van der Waals surface area contributed by atoms with Gasteiger partial charge in [-0.3, -0.25) is 4.55 Å². The van der Waals surface area contributed by atoms with Crippen LogP contribution in [0.5, 0.6) is 0 Å². The van der Waals surface area contributed by atoms with Crippen LogP contribution in [0.2, 0.25) is 0 Å². The number of para-hydroxylation sites is 2. The Morgan fingerprint density at radius 2 is 2.07 bits per heavy atom. The van der Waals surface area contributed by atoms with Crippen molar-refractivity contribution in [2.45, 2.75) is 0 Å². The molecule has 0 unspecified atom stereocenters. The van der Waals surface area contributed by atoms with Crippen LogP contribution in [0.4, 0.5) is 11.4 Å². The van der Waals surface area contributed by atoms with Gasteiger partial charge in [0.15, 0.2) is 0 Å². The lowest BCUT2D eigenvalue weighted by Gasteiger charge is -2.07. The minimum Gasteiger partial charge on any atom is -0.397 e. The summed E-state index contributed by atoms with van der Waals surface area (Å²) in [7, 11) is -4.36. The van der Waals surface area contributed by atoms with E-state index in [4.69, 9.17) is 10.3 Å². The van der Waals surface area contributed by atoms with E-state index in [-0.39, 0.29) is 13.2 Å². The van der Waals surface area contributed by atoms with E-state index in [0.717, 1.165) is 0 Å². The molecule has 0 aliphatic rings. The Morgan fingerprint density at radius 1 is 1.40 bits per heavy atom. The molecule has 0 amide bonds. The zero-order chi connectivity index (χ0) is 11.3. The van der Waals surface area contributed by atoms with Gasteiger partial charge in [-0.25, -0.2) is 4.18 Å². The predicted molar refractivity (Wildman–Crippen MR) is 56.8 cm³/mol. The van der Waals surface area contributed by atoms with Gasteiger partial charge < -0.3 is 11.1 Å². The number of nitrogens with two attached hydrogens (primary N) is 1. The minimum absolute atomic E-state index is 0.160. The number of anilines is 2. The number of benzene rings is 1. The summed E-state index contributed by atoms with van der Waals surface area (Å²) in [5.74, 6) is 0. The largest absolute Gasteiger partial charge is 0.397 e. The van der Waals surface area contributed by atoms with Crippen molar-refractivity contribution < 1.29 is 17.2 Å². The number of nitrogen functional groups attached to an aromatic ring is 1. The van der Waals surface area contributed by atoms with E-state index in [1.807, 2.05) is 0 Å². The van der Waals surface area contributed by atoms with E-state index in [9.17, 15) is 8.42 Å². The third kappa shape index (κ3) is 4.63. The molecule has 0 saturated carbocycles. The first-order chi connectivity index (χ1) is 6.99. The molecule has 0 aliphatic heterocycles. The SMILES string of the molecule is Nc1ccccc1NCCOS(=O)(=O)O. The maximum Gasteiger partial charge on any atom is 0.397 e.